The van der Waals surface area contributed by atoms with Gasteiger partial charge in [0.05, 0.1) is 0 Å². The third kappa shape index (κ3) is 4.11. The standard InChI is InChI=1S/C33H39BO3/c1-16-22(7)31(23(8)17(2)28(16)13-35)34(32-24(9)18(3)29(14-36)19(4)25(32)10)33-26(11)20(5)30(15-37)21(6)27(33)12/h13-15H,1-12H3. The van der Waals surface area contributed by atoms with Gasteiger partial charge in [-0.15, -0.1) is 0 Å². The Morgan fingerprint density at radius 2 is 0.486 bits per heavy atom. The fourth-order valence-corrected chi connectivity index (χ4v) is 6.37. The van der Waals surface area contributed by atoms with Gasteiger partial charge in [0.15, 0.2) is 18.9 Å². The quantitative estimate of drug-likeness (QED) is 0.343. The van der Waals surface area contributed by atoms with E-state index in [1.54, 1.807) is 0 Å². The fourth-order valence-electron chi connectivity index (χ4n) is 6.37. The minimum atomic E-state index is -0.116. The molecule has 0 aliphatic rings. The van der Waals surface area contributed by atoms with E-state index in [1.165, 1.54) is 16.4 Å². The highest BCUT2D eigenvalue weighted by Gasteiger charge is 2.35. The van der Waals surface area contributed by atoms with Crippen LogP contribution in [0.3, 0.4) is 0 Å². The van der Waals surface area contributed by atoms with Crippen LogP contribution in [0.25, 0.3) is 0 Å². The number of hydrogen-bond donors (Lipinski definition) is 0. The van der Waals surface area contributed by atoms with Crippen molar-refractivity contribution in [1.29, 1.82) is 0 Å². The molecule has 4 heteroatoms. The van der Waals surface area contributed by atoms with Crippen LogP contribution in [0.1, 0.15) is 97.8 Å². The molecule has 0 saturated heterocycles. The van der Waals surface area contributed by atoms with Crippen molar-refractivity contribution in [2.75, 3.05) is 0 Å². The third-order valence-electron chi connectivity index (χ3n) is 9.44. The van der Waals surface area contributed by atoms with Crippen LogP contribution in [0.15, 0.2) is 0 Å². The summed E-state index contributed by atoms with van der Waals surface area (Å²) in [5.74, 6) is 0. The van der Waals surface area contributed by atoms with Crippen molar-refractivity contribution >= 4 is 42.0 Å². The highest BCUT2D eigenvalue weighted by Crippen LogP contribution is 2.26. The normalized spacial score (nSPS) is 11.0. The van der Waals surface area contributed by atoms with Crippen LogP contribution < -0.4 is 16.4 Å². The highest BCUT2D eigenvalue weighted by molar-refractivity contribution is 6.97. The van der Waals surface area contributed by atoms with Crippen molar-refractivity contribution in [2.45, 2.75) is 83.1 Å². The second-order valence-electron chi connectivity index (χ2n) is 10.8. The molecular formula is C33H39BO3. The van der Waals surface area contributed by atoms with Crippen molar-refractivity contribution in [3.63, 3.8) is 0 Å². The van der Waals surface area contributed by atoms with Crippen molar-refractivity contribution in [3.8, 4) is 0 Å². The predicted octanol–water partition coefficient (Wildman–Crippen LogP) is 5.34. The molecule has 0 atom stereocenters. The molecule has 3 aromatic carbocycles. The maximum atomic E-state index is 12.0. The molecule has 0 amide bonds. The number of carbonyl (C=O) groups excluding carboxylic acids is 3. The lowest BCUT2D eigenvalue weighted by atomic mass is 9.32. The Morgan fingerprint density at radius 1 is 0.324 bits per heavy atom. The third-order valence-corrected chi connectivity index (χ3v) is 9.44. The minimum absolute atomic E-state index is 0.116. The fraction of sp³-hybridized carbons (Fsp3) is 0.364. The summed E-state index contributed by atoms with van der Waals surface area (Å²) >= 11 is 0. The first-order valence-corrected chi connectivity index (χ1v) is 12.9. The van der Waals surface area contributed by atoms with E-state index in [2.05, 4.69) is 41.5 Å². The SMILES string of the molecule is Cc1c(C)c(B(c2c(C)c(C)c(C=O)c(C)c2C)c2c(C)c(C)c(C=O)c(C)c2C)c(C)c(C)c1C=O. The van der Waals surface area contributed by atoms with Crippen LogP contribution >= 0.6 is 0 Å². The zero-order chi connectivity index (χ0) is 28.1. The van der Waals surface area contributed by atoms with E-state index in [-0.39, 0.29) is 6.71 Å². The van der Waals surface area contributed by atoms with Gasteiger partial charge in [0.25, 0.3) is 0 Å². The van der Waals surface area contributed by atoms with E-state index in [9.17, 15) is 14.4 Å². The number of rotatable bonds is 6. The zero-order valence-corrected chi connectivity index (χ0v) is 24.5. The van der Waals surface area contributed by atoms with Crippen molar-refractivity contribution in [2.24, 2.45) is 0 Å². The van der Waals surface area contributed by atoms with Gasteiger partial charge < -0.3 is 0 Å². The van der Waals surface area contributed by atoms with Gasteiger partial charge in [0, 0.05) is 16.7 Å². The molecule has 0 heterocycles. The van der Waals surface area contributed by atoms with E-state index in [0.717, 1.165) is 102 Å². The maximum Gasteiger partial charge on any atom is 0.243 e. The molecule has 3 rings (SSSR count). The molecular weight excluding hydrogens is 455 g/mol. The summed E-state index contributed by atoms with van der Waals surface area (Å²) < 4.78 is 0. The van der Waals surface area contributed by atoms with Gasteiger partial charge in [-0.2, -0.15) is 0 Å². The number of aldehydes is 3. The first kappa shape index (κ1) is 28.3. The molecule has 0 fully saturated rings. The van der Waals surface area contributed by atoms with Gasteiger partial charge in [-0.3, -0.25) is 14.4 Å². The molecule has 0 aliphatic carbocycles. The Labute approximate surface area is 222 Å². The smallest absolute Gasteiger partial charge is 0.243 e. The average Bonchev–Trinajstić information content (AvgIpc) is 2.86. The highest BCUT2D eigenvalue weighted by atomic mass is 16.1. The topological polar surface area (TPSA) is 51.2 Å². The van der Waals surface area contributed by atoms with E-state index < -0.39 is 0 Å². The van der Waals surface area contributed by atoms with Crippen LogP contribution in [0.2, 0.25) is 0 Å². The first-order valence-electron chi connectivity index (χ1n) is 12.9. The molecule has 3 aromatic rings. The molecule has 0 unspecified atom stereocenters. The molecule has 37 heavy (non-hydrogen) atoms. The summed E-state index contributed by atoms with van der Waals surface area (Å²) in [5.41, 5.74) is 18.5. The zero-order valence-electron chi connectivity index (χ0n) is 24.5. The molecule has 0 bridgehead atoms. The van der Waals surface area contributed by atoms with Crippen LogP contribution in [0.5, 0.6) is 0 Å². The minimum Gasteiger partial charge on any atom is -0.298 e. The Bertz CT molecular complexity index is 1220. The Morgan fingerprint density at radius 3 is 0.622 bits per heavy atom. The molecule has 0 N–H and O–H groups in total. The molecule has 0 spiro atoms. The second kappa shape index (κ2) is 10.2. The van der Waals surface area contributed by atoms with Crippen molar-refractivity contribution < 1.29 is 14.4 Å². The molecule has 0 aliphatic heterocycles. The summed E-state index contributed by atoms with van der Waals surface area (Å²) in [7, 11) is 0. The lowest BCUT2D eigenvalue weighted by Crippen LogP contribution is -2.58. The predicted molar refractivity (Wildman–Crippen MR) is 157 cm³/mol. The Balaban J connectivity index is 2.71. The molecule has 0 aromatic heterocycles. The van der Waals surface area contributed by atoms with Crippen molar-refractivity contribution in [1.82, 2.24) is 0 Å². The van der Waals surface area contributed by atoms with Gasteiger partial charge in [-0.05, 0) is 116 Å². The van der Waals surface area contributed by atoms with Gasteiger partial charge in [0.2, 0.25) is 6.71 Å². The van der Waals surface area contributed by atoms with Gasteiger partial charge >= 0.3 is 0 Å². The molecule has 0 radical (unpaired) electrons. The number of hydrogen-bond acceptors (Lipinski definition) is 3. The summed E-state index contributed by atoms with van der Waals surface area (Å²) in [6.07, 6.45) is 2.91. The summed E-state index contributed by atoms with van der Waals surface area (Å²) in [6, 6.07) is 0. The Kier molecular flexibility index (Phi) is 7.84. The summed E-state index contributed by atoms with van der Waals surface area (Å²) in [4.78, 5) is 36.1. The number of carbonyl (C=O) groups is 3. The van der Waals surface area contributed by atoms with Crippen LogP contribution in [0, 0.1) is 83.1 Å². The van der Waals surface area contributed by atoms with E-state index in [4.69, 9.17) is 0 Å². The molecule has 192 valence electrons. The van der Waals surface area contributed by atoms with Crippen LogP contribution in [-0.4, -0.2) is 25.6 Å². The number of benzene rings is 3. The largest absolute Gasteiger partial charge is 0.298 e. The molecule has 3 nitrogen and oxygen atoms in total. The van der Waals surface area contributed by atoms with Crippen LogP contribution in [0.4, 0.5) is 0 Å². The Hall–Kier alpha value is -3.27. The first-order chi connectivity index (χ1) is 17.3. The second-order valence-corrected chi connectivity index (χ2v) is 10.8. The lowest BCUT2D eigenvalue weighted by Gasteiger charge is -2.31. The summed E-state index contributed by atoms with van der Waals surface area (Å²) in [5, 5.41) is 0. The van der Waals surface area contributed by atoms with Crippen molar-refractivity contribution in [3.05, 3.63) is 83.5 Å². The van der Waals surface area contributed by atoms with E-state index in [0.29, 0.717) is 0 Å². The lowest BCUT2D eigenvalue weighted by molar-refractivity contribution is 0.111. The van der Waals surface area contributed by atoms with E-state index >= 15 is 0 Å². The molecule has 0 saturated carbocycles. The average molecular weight is 494 g/mol. The van der Waals surface area contributed by atoms with E-state index in [1.807, 2.05) is 41.5 Å². The monoisotopic (exact) mass is 494 g/mol. The van der Waals surface area contributed by atoms with Gasteiger partial charge in [-0.25, -0.2) is 0 Å². The van der Waals surface area contributed by atoms with Crippen LogP contribution in [-0.2, 0) is 0 Å². The van der Waals surface area contributed by atoms with Gasteiger partial charge in [0.1, 0.15) is 0 Å². The van der Waals surface area contributed by atoms with Gasteiger partial charge in [-0.1, -0.05) is 49.8 Å². The summed E-state index contributed by atoms with van der Waals surface area (Å²) in [6.45, 7) is 24.8. The maximum absolute atomic E-state index is 12.0.